The maximum atomic E-state index is 11.7. The van der Waals surface area contributed by atoms with Gasteiger partial charge in [-0.3, -0.25) is 9.59 Å². The summed E-state index contributed by atoms with van der Waals surface area (Å²) in [7, 11) is 0. The fourth-order valence-corrected chi connectivity index (χ4v) is 3.73. The van der Waals surface area contributed by atoms with E-state index in [1.165, 1.54) is 20.8 Å². The lowest BCUT2D eigenvalue weighted by atomic mass is 10.2. The second-order valence-corrected chi connectivity index (χ2v) is 10.6. The van der Waals surface area contributed by atoms with Crippen LogP contribution in [0, 0.1) is 0 Å². The number of hydrogen-bond donors (Lipinski definition) is 2. The number of carbonyl (C=O) groups is 5. The zero-order chi connectivity index (χ0) is 34.9. The molecule has 0 aromatic heterocycles. The predicted molar refractivity (Wildman–Crippen MR) is 184 cm³/mol. The summed E-state index contributed by atoms with van der Waals surface area (Å²) in [5, 5.41) is 17.2. The molecule has 0 aliphatic carbocycles. The fraction of sp³-hybridized carbons (Fsp3) is 0.541. The van der Waals surface area contributed by atoms with E-state index in [1.54, 1.807) is 0 Å². The van der Waals surface area contributed by atoms with Crippen LogP contribution in [-0.2, 0) is 60.9 Å². The van der Waals surface area contributed by atoms with Crippen LogP contribution < -0.4 is 0 Å². The minimum absolute atomic E-state index is 0. The molecule has 2 aliphatic rings. The van der Waals surface area contributed by atoms with E-state index < -0.39 is 42.2 Å². The number of rotatable bonds is 10. The van der Waals surface area contributed by atoms with Crippen LogP contribution >= 0.6 is 0 Å². The van der Waals surface area contributed by atoms with Crippen molar-refractivity contribution in [3.05, 3.63) is 71.8 Å². The van der Waals surface area contributed by atoms with Crippen LogP contribution in [0.2, 0.25) is 0 Å². The Kier molecular flexibility index (Phi) is 27.4. The molecule has 0 radical (unpaired) electrons. The van der Waals surface area contributed by atoms with E-state index in [0.717, 1.165) is 36.8 Å². The quantitative estimate of drug-likeness (QED) is 0.179. The van der Waals surface area contributed by atoms with Gasteiger partial charge in [0.15, 0.2) is 18.3 Å². The van der Waals surface area contributed by atoms with Crippen LogP contribution in [0.3, 0.4) is 0 Å². The highest BCUT2D eigenvalue weighted by Gasteiger charge is 2.32. The molecule has 3 unspecified atom stereocenters. The molecule has 2 aromatic rings. The smallest absolute Gasteiger partial charge is 0.347 e. The highest BCUT2D eigenvalue weighted by molar-refractivity contribution is 5.86. The summed E-state index contributed by atoms with van der Waals surface area (Å²) in [4.78, 5) is 55.0. The molecule has 2 aromatic carbocycles. The van der Waals surface area contributed by atoms with Gasteiger partial charge in [-0.05, 0) is 64.0 Å². The maximum Gasteiger partial charge on any atom is 0.347 e. The normalized spacial score (nSPS) is 16.8. The number of benzene rings is 2. The molecule has 2 saturated heterocycles. The first-order chi connectivity index (χ1) is 22.6. The number of ether oxygens (including phenoxy) is 5. The van der Waals surface area contributed by atoms with Crippen LogP contribution in [0.15, 0.2) is 60.7 Å². The molecular weight excluding hydrogens is 636 g/mol. The number of cyclic esters (lactones) is 3. The summed E-state index contributed by atoms with van der Waals surface area (Å²) < 4.78 is 24.0. The Labute approximate surface area is 291 Å². The Morgan fingerprint density at radius 1 is 0.796 bits per heavy atom. The third-order valence-corrected chi connectivity index (χ3v) is 6.47. The van der Waals surface area contributed by atoms with E-state index in [-0.39, 0.29) is 47.1 Å². The summed E-state index contributed by atoms with van der Waals surface area (Å²) in [6, 6.07) is 18.8. The Balaban J connectivity index is 0. The SMILES string of the molecule is C.C.CC(OC(=O)CCCCCO)C(=O)OCc1ccccc1.CC1OC(=O)C(C)OC1=O.O=C1CCCCCO1.OCc1ccccc1. The summed E-state index contributed by atoms with van der Waals surface area (Å²) in [6.07, 6.45) is 3.75. The number of esters is 5. The second-order valence-electron chi connectivity index (χ2n) is 10.6. The third-order valence-electron chi connectivity index (χ3n) is 6.47. The molecule has 0 bridgehead atoms. The summed E-state index contributed by atoms with van der Waals surface area (Å²) in [5.74, 6) is -1.96. The summed E-state index contributed by atoms with van der Waals surface area (Å²) >= 11 is 0. The monoisotopic (exact) mass is 692 g/mol. The van der Waals surface area contributed by atoms with Crippen molar-refractivity contribution in [1.29, 1.82) is 0 Å². The molecule has 0 saturated carbocycles. The molecule has 0 spiro atoms. The van der Waals surface area contributed by atoms with Crippen molar-refractivity contribution in [3.8, 4) is 0 Å². The van der Waals surface area contributed by atoms with Gasteiger partial charge in [-0.25, -0.2) is 14.4 Å². The lowest BCUT2D eigenvalue weighted by molar-refractivity contribution is -0.191. The van der Waals surface area contributed by atoms with Gasteiger partial charge in [-0.1, -0.05) is 81.9 Å². The molecule has 0 amide bonds. The van der Waals surface area contributed by atoms with Crippen molar-refractivity contribution in [2.45, 2.75) is 119 Å². The first-order valence-electron chi connectivity index (χ1n) is 15.8. The highest BCUT2D eigenvalue weighted by Crippen LogP contribution is 2.09. The Hall–Kier alpha value is -4.29. The number of aliphatic hydroxyl groups is 2. The maximum absolute atomic E-state index is 11.7. The zero-order valence-electron chi connectivity index (χ0n) is 27.5. The number of unbranched alkanes of at least 4 members (excludes halogenated alkanes) is 2. The van der Waals surface area contributed by atoms with Gasteiger partial charge in [0, 0.05) is 19.4 Å². The second kappa shape index (κ2) is 28.7. The molecule has 2 aliphatic heterocycles. The molecule has 4 rings (SSSR count). The Bertz CT molecular complexity index is 1160. The number of aliphatic hydroxyl groups excluding tert-OH is 2. The zero-order valence-corrected chi connectivity index (χ0v) is 27.5. The first kappa shape index (κ1) is 46.8. The molecule has 276 valence electrons. The first-order valence-corrected chi connectivity index (χ1v) is 15.8. The molecule has 12 nitrogen and oxygen atoms in total. The lowest BCUT2D eigenvalue weighted by Gasteiger charge is -2.22. The van der Waals surface area contributed by atoms with Crippen LogP contribution in [0.1, 0.15) is 98.1 Å². The molecule has 2 heterocycles. The Morgan fingerprint density at radius 3 is 1.86 bits per heavy atom. The van der Waals surface area contributed by atoms with E-state index in [1.807, 2.05) is 60.7 Å². The molecule has 3 atom stereocenters. The van der Waals surface area contributed by atoms with Crippen molar-refractivity contribution in [1.82, 2.24) is 0 Å². The molecule has 2 N–H and O–H groups in total. The number of carbonyl (C=O) groups excluding carboxylic acids is 5. The van der Waals surface area contributed by atoms with Gasteiger partial charge in [0.05, 0.1) is 13.2 Å². The van der Waals surface area contributed by atoms with Crippen LogP contribution in [0.5, 0.6) is 0 Å². The average Bonchev–Trinajstić information content (AvgIpc) is 3.33. The van der Waals surface area contributed by atoms with Crippen molar-refractivity contribution < 1.29 is 57.9 Å². The minimum atomic E-state index is -0.904. The van der Waals surface area contributed by atoms with E-state index in [4.69, 9.17) is 24.4 Å². The average molecular weight is 693 g/mol. The van der Waals surface area contributed by atoms with E-state index in [0.29, 0.717) is 25.9 Å². The largest absolute Gasteiger partial charge is 0.466 e. The van der Waals surface area contributed by atoms with Gasteiger partial charge >= 0.3 is 29.8 Å². The van der Waals surface area contributed by atoms with Crippen molar-refractivity contribution in [2.24, 2.45) is 0 Å². The highest BCUT2D eigenvalue weighted by atomic mass is 16.6. The summed E-state index contributed by atoms with van der Waals surface area (Å²) in [5.41, 5.74) is 1.85. The molecule has 49 heavy (non-hydrogen) atoms. The standard InChI is InChI=1S/C16H22O5.C7H8O.C6H8O4.C6H10O2.2CH4/c1-13(21-15(18)10-6-3-7-11-17)16(19)20-12-14-8-4-2-5-9-14;8-6-7-4-2-1-3-5-7;1-3-5(7)10-4(2)6(8)9-3;7-6-4-2-1-3-5-8-6;;/h2,4-5,8-9,13,17H,3,6-7,10-12H2,1H3;1-5,8H,6H2;3-4H,1-2H3;1-5H2;2*1H4. The lowest BCUT2D eigenvalue weighted by Crippen LogP contribution is -2.40. The van der Waals surface area contributed by atoms with Crippen LogP contribution in [0.25, 0.3) is 0 Å². The van der Waals surface area contributed by atoms with E-state index >= 15 is 0 Å². The molecule has 12 heteroatoms. The van der Waals surface area contributed by atoms with Gasteiger partial charge < -0.3 is 33.9 Å². The fourth-order valence-electron chi connectivity index (χ4n) is 3.73. The third kappa shape index (κ3) is 22.8. The number of hydrogen-bond acceptors (Lipinski definition) is 12. The molecule has 2 fully saturated rings. The van der Waals surface area contributed by atoms with Gasteiger partial charge in [0.1, 0.15) is 6.61 Å². The van der Waals surface area contributed by atoms with Crippen molar-refractivity contribution >= 4 is 29.8 Å². The Morgan fingerprint density at radius 2 is 1.35 bits per heavy atom. The van der Waals surface area contributed by atoms with Gasteiger partial charge in [-0.2, -0.15) is 0 Å². The van der Waals surface area contributed by atoms with Gasteiger partial charge in [0.25, 0.3) is 0 Å². The topological polar surface area (TPSA) is 172 Å². The van der Waals surface area contributed by atoms with Crippen molar-refractivity contribution in [3.63, 3.8) is 0 Å². The van der Waals surface area contributed by atoms with E-state index in [9.17, 15) is 24.0 Å². The van der Waals surface area contributed by atoms with Gasteiger partial charge in [-0.15, -0.1) is 0 Å². The predicted octanol–water partition coefficient (Wildman–Crippen LogP) is 5.63. The van der Waals surface area contributed by atoms with Crippen LogP contribution in [-0.4, -0.2) is 71.6 Å². The van der Waals surface area contributed by atoms with E-state index in [2.05, 4.69) is 9.47 Å². The van der Waals surface area contributed by atoms with Crippen molar-refractivity contribution in [2.75, 3.05) is 13.2 Å². The summed E-state index contributed by atoms with van der Waals surface area (Å²) in [6.45, 7) is 5.52. The van der Waals surface area contributed by atoms with Gasteiger partial charge in [0.2, 0.25) is 0 Å². The van der Waals surface area contributed by atoms with Crippen LogP contribution in [0.4, 0.5) is 0 Å². The molecular formula is C37H56O12. The minimum Gasteiger partial charge on any atom is -0.466 e.